The second-order valence-corrected chi connectivity index (χ2v) is 6.40. The fourth-order valence-electron chi connectivity index (χ4n) is 2.38. The molecule has 0 unspecified atom stereocenters. The minimum absolute atomic E-state index is 0.0656. The number of amides is 1. The number of halogens is 1. The maximum atomic E-state index is 12.0. The molecule has 1 aliphatic rings. The zero-order valence-corrected chi connectivity index (χ0v) is 12.6. The molecule has 1 aliphatic carbocycles. The Balaban J connectivity index is 1.67. The number of benzene rings is 1. The standard InChI is InChI=1S/C15H15ClN2OS/c16-11-6-2-1-5-10(11)9-14(19)18-15-17-12-7-3-4-8-13(12)20-15/h1-2,5-6H,3-4,7-9H2,(H,17,18,19). The van der Waals surface area contributed by atoms with Gasteiger partial charge in [0, 0.05) is 9.90 Å². The number of fused-ring (bicyclic) bond motifs is 1. The average molecular weight is 307 g/mol. The van der Waals surface area contributed by atoms with Gasteiger partial charge in [-0.05, 0) is 37.3 Å². The van der Waals surface area contributed by atoms with Crippen LogP contribution < -0.4 is 5.32 Å². The van der Waals surface area contributed by atoms with Crippen molar-refractivity contribution in [3.05, 3.63) is 45.4 Å². The van der Waals surface area contributed by atoms with E-state index in [9.17, 15) is 4.79 Å². The Labute approximate surface area is 127 Å². The number of anilines is 1. The molecule has 0 spiro atoms. The summed E-state index contributed by atoms with van der Waals surface area (Å²) in [6, 6.07) is 7.41. The summed E-state index contributed by atoms with van der Waals surface area (Å²) in [4.78, 5) is 17.9. The maximum Gasteiger partial charge on any atom is 0.230 e. The van der Waals surface area contributed by atoms with Gasteiger partial charge in [0.2, 0.25) is 5.91 Å². The van der Waals surface area contributed by atoms with E-state index in [0.717, 1.165) is 24.1 Å². The van der Waals surface area contributed by atoms with E-state index in [0.29, 0.717) is 10.2 Å². The van der Waals surface area contributed by atoms with Crippen LogP contribution in [-0.2, 0) is 24.1 Å². The third-order valence-corrected chi connectivity index (χ3v) is 4.84. The van der Waals surface area contributed by atoms with Gasteiger partial charge in [-0.2, -0.15) is 0 Å². The van der Waals surface area contributed by atoms with Gasteiger partial charge in [0.15, 0.2) is 5.13 Å². The van der Waals surface area contributed by atoms with Crippen molar-refractivity contribution >= 4 is 34.0 Å². The van der Waals surface area contributed by atoms with E-state index in [1.54, 1.807) is 17.4 Å². The van der Waals surface area contributed by atoms with Gasteiger partial charge >= 0.3 is 0 Å². The number of nitrogens with zero attached hydrogens (tertiary/aromatic N) is 1. The van der Waals surface area contributed by atoms with Crippen molar-refractivity contribution in [3.63, 3.8) is 0 Å². The predicted octanol–water partition coefficient (Wildman–Crippen LogP) is 3.86. The highest BCUT2D eigenvalue weighted by atomic mass is 35.5. The number of carbonyl (C=O) groups excluding carboxylic acids is 1. The topological polar surface area (TPSA) is 42.0 Å². The van der Waals surface area contributed by atoms with E-state index in [1.165, 1.54) is 17.7 Å². The van der Waals surface area contributed by atoms with Crippen LogP contribution in [0.1, 0.15) is 29.0 Å². The Hall–Kier alpha value is -1.39. The molecule has 1 N–H and O–H groups in total. The molecule has 1 aromatic carbocycles. The molecule has 0 bridgehead atoms. The van der Waals surface area contributed by atoms with Gasteiger partial charge in [-0.25, -0.2) is 4.98 Å². The summed E-state index contributed by atoms with van der Waals surface area (Å²) >= 11 is 7.66. The monoisotopic (exact) mass is 306 g/mol. The van der Waals surface area contributed by atoms with Crippen molar-refractivity contribution in [1.82, 2.24) is 4.98 Å². The molecule has 1 heterocycles. The normalized spacial score (nSPS) is 13.8. The molecule has 1 amide bonds. The van der Waals surface area contributed by atoms with Crippen molar-refractivity contribution in [1.29, 1.82) is 0 Å². The first-order valence-electron chi connectivity index (χ1n) is 6.74. The lowest BCUT2D eigenvalue weighted by molar-refractivity contribution is -0.115. The van der Waals surface area contributed by atoms with Crippen LogP contribution >= 0.6 is 22.9 Å². The summed E-state index contributed by atoms with van der Waals surface area (Å²) in [6.45, 7) is 0. The molecular formula is C15H15ClN2OS. The van der Waals surface area contributed by atoms with Gasteiger partial charge in [0.05, 0.1) is 12.1 Å². The number of aromatic nitrogens is 1. The maximum absolute atomic E-state index is 12.0. The fraction of sp³-hybridized carbons (Fsp3) is 0.333. The number of carbonyl (C=O) groups is 1. The summed E-state index contributed by atoms with van der Waals surface area (Å²) in [5.74, 6) is -0.0656. The van der Waals surface area contributed by atoms with E-state index in [1.807, 2.05) is 18.2 Å². The number of hydrogen-bond acceptors (Lipinski definition) is 3. The van der Waals surface area contributed by atoms with E-state index in [4.69, 9.17) is 11.6 Å². The van der Waals surface area contributed by atoms with Crippen LogP contribution in [-0.4, -0.2) is 10.9 Å². The molecule has 3 rings (SSSR count). The van der Waals surface area contributed by atoms with E-state index in [2.05, 4.69) is 10.3 Å². The van der Waals surface area contributed by atoms with Crippen LogP contribution in [0.15, 0.2) is 24.3 Å². The van der Waals surface area contributed by atoms with Crippen LogP contribution in [0.3, 0.4) is 0 Å². The highest BCUT2D eigenvalue weighted by Crippen LogP contribution is 2.29. The number of rotatable bonds is 3. The molecule has 1 aromatic heterocycles. The lowest BCUT2D eigenvalue weighted by Gasteiger charge is -2.06. The zero-order chi connectivity index (χ0) is 13.9. The van der Waals surface area contributed by atoms with Crippen molar-refractivity contribution in [2.24, 2.45) is 0 Å². The molecule has 0 fully saturated rings. The number of thiazole rings is 1. The van der Waals surface area contributed by atoms with Gasteiger partial charge in [0.1, 0.15) is 0 Å². The minimum Gasteiger partial charge on any atom is -0.302 e. The first-order valence-corrected chi connectivity index (χ1v) is 7.93. The molecule has 0 saturated heterocycles. The Bertz CT molecular complexity index is 615. The SMILES string of the molecule is O=C(Cc1ccccc1Cl)Nc1nc2c(s1)CCCC2. The number of hydrogen-bond donors (Lipinski definition) is 1. The Morgan fingerprint density at radius 1 is 1.30 bits per heavy atom. The Morgan fingerprint density at radius 3 is 2.90 bits per heavy atom. The Morgan fingerprint density at radius 2 is 2.10 bits per heavy atom. The number of nitrogens with one attached hydrogen (secondary N) is 1. The molecule has 0 radical (unpaired) electrons. The molecule has 3 nitrogen and oxygen atoms in total. The fourth-order valence-corrected chi connectivity index (χ4v) is 3.65. The van der Waals surface area contributed by atoms with Gasteiger partial charge in [-0.1, -0.05) is 29.8 Å². The molecule has 0 saturated carbocycles. The largest absolute Gasteiger partial charge is 0.302 e. The van der Waals surface area contributed by atoms with Crippen molar-refractivity contribution < 1.29 is 4.79 Å². The molecule has 0 aliphatic heterocycles. The average Bonchev–Trinajstić information content (AvgIpc) is 2.83. The highest BCUT2D eigenvalue weighted by Gasteiger charge is 2.16. The summed E-state index contributed by atoms with van der Waals surface area (Å²) in [5, 5.41) is 4.23. The number of aryl methyl sites for hydroxylation is 2. The summed E-state index contributed by atoms with van der Waals surface area (Å²) in [5.41, 5.74) is 2.00. The van der Waals surface area contributed by atoms with Crippen molar-refractivity contribution in [3.8, 4) is 0 Å². The molecule has 2 aromatic rings. The van der Waals surface area contributed by atoms with Crippen molar-refractivity contribution in [2.45, 2.75) is 32.1 Å². The van der Waals surface area contributed by atoms with Gasteiger partial charge in [-0.3, -0.25) is 4.79 Å². The summed E-state index contributed by atoms with van der Waals surface area (Å²) < 4.78 is 0. The van der Waals surface area contributed by atoms with Gasteiger partial charge in [-0.15, -0.1) is 11.3 Å². The smallest absolute Gasteiger partial charge is 0.230 e. The lowest BCUT2D eigenvalue weighted by Crippen LogP contribution is -2.14. The van der Waals surface area contributed by atoms with Crippen LogP contribution in [0.2, 0.25) is 5.02 Å². The zero-order valence-electron chi connectivity index (χ0n) is 11.0. The first-order chi connectivity index (χ1) is 9.72. The molecule has 104 valence electrons. The first kappa shape index (κ1) is 13.6. The molecule has 20 heavy (non-hydrogen) atoms. The van der Waals surface area contributed by atoms with Crippen molar-refractivity contribution in [2.75, 3.05) is 5.32 Å². The van der Waals surface area contributed by atoms with Crippen LogP contribution in [0, 0.1) is 0 Å². The molecule has 0 atom stereocenters. The van der Waals surface area contributed by atoms with E-state index >= 15 is 0 Å². The summed E-state index contributed by atoms with van der Waals surface area (Å²) in [6.07, 6.45) is 4.83. The second kappa shape index (κ2) is 5.94. The molecule has 5 heteroatoms. The van der Waals surface area contributed by atoms with E-state index < -0.39 is 0 Å². The predicted molar refractivity (Wildman–Crippen MR) is 82.5 cm³/mol. The third kappa shape index (κ3) is 3.02. The van der Waals surface area contributed by atoms with Gasteiger partial charge in [0.25, 0.3) is 0 Å². The second-order valence-electron chi connectivity index (χ2n) is 4.91. The Kier molecular flexibility index (Phi) is 4.03. The quantitative estimate of drug-likeness (QED) is 0.935. The highest BCUT2D eigenvalue weighted by molar-refractivity contribution is 7.15. The van der Waals surface area contributed by atoms with Crippen LogP contribution in [0.25, 0.3) is 0 Å². The molecular weight excluding hydrogens is 292 g/mol. The minimum atomic E-state index is -0.0656. The lowest BCUT2D eigenvalue weighted by atomic mass is 10.0. The third-order valence-electron chi connectivity index (χ3n) is 3.40. The van der Waals surface area contributed by atoms with Gasteiger partial charge < -0.3 is 5.32 Å². The van der Waals surface area contributed by atoms with E-state index in [-0.39, 0.29) is 12.3 Å². The van der Waals surface area contributed by atoms with Crippen LogP contribution in [0.5, 0.6) is 0 Å². The van der Waals surface area contributed by atoms with Crippen LogP contribution in [0.4, 0.5) is 5.13 Å². The summed E-state index contributed by atoms with van der Waals surface area (Å²) in [7, 11) is 0.